The number of hydrogen-bond donors (Lipinski definition) is 0. The smallest absolute Gasteiger partial charge is 0.181 e. The number of nitrogens with zero attached hydrogens (tertiary/aromatic N) is 6. The van der Waals surface area contributed by atoms with Gasteiger partial charge in [0.2, 0.25) is 0 Å². The van der Waals surface area contributed by atoms with E-state index in [4.69, 9.17) is 26.1 Å². The van der Waals surface area contributed by atoms with E-state index in [1.54, 1.807) is 12.4 Å². The van der Waals surface area contributed by atoms with Gasteiger partial charge >= 0.3 is 0 Å². The Morgan fingerprint density at radius 3 is 2.69 bits per heavy atom. The summed E-state index contributed by atoms with van der Waals surface area (Å²) in [6.45, 7) is 2.89. The van der Waals surface area contributed by atoms with Crippen LogP contribution in [0.2, 0.25) is 0 Å². The number of terminal acetylenes is 1. The fourth-order valence-corrected chi connectivity index (χ4v) is 4.28. The number of para-hydroxylation sites is 1. The quantitative estimate of drug-likeness (QED) is 0.374. The van der Waals surface area contributed by atoms with E-state index in [0.29, 0.717) is 13.2 Å². The molecular weight excluding hydrogens is 436 g/mol. The summed E-state index contributed by atoms with van der Waals surface area (Å²) in [6.07, 6.45) is 16.9. The minimum atomic E-state index is 0.671. The van der Waals surface area contributed by atoms with Crippen LogP contribution in [-0.4, -0.2) is 50.6 Å². The molecule has 170 valence electrons. The zero-order valence-electron chi connectivity index (χ0n) is 19.0. The lowest BCUT2D eigenvalue weighted by Gasteiger charge is -2.28. The Labute approximate surface area is 202 Å². The van der Waals surface area contributed by atoms with E-state index in [1.807, 2.05) is 54.9 Å². The molecule has 0 spiro atoms. The van der Waals surface area contributed by atoms with Crippen molar-refractivity contribution >= 4 is 34.5 Å². The van der Waals surface area contributed by atoms with Crippen LogP contribution >= 0.6 is 0 Å². The van der Waals surface area contributed by atoms with Gasteiger partial charge in [0.15, 0.2) is 11.5 Å². The summed E-state index contributed by atoms with van der Waals surface area (Å²) in [6, 6.07) is 14.1. The maximum Gasteiger partial charge on any atom is 0.181 e. The molecule has 1 fully saturated rings. The van der Waals surface area contributed by atoms with Gasteiger partial charge in [-0.2, -0.15) is 0 Å². The summed E-state index contributed by atoms with van der Waals surface area (Å²) in [5.74, 6) is 3.49. The molecule has 0 N–H and O–H groups in total. The number of morpholine rings is 1. The van der Waals surface area contributed by atoms with Gasteiger partial charge in [0, 0.05) is 48.2 Å². The van der Waals surface area contributed by atoms with Crippen molar-refractivity contribution in [2.75, 3.05) is 31.2 Å². The second-order valence-corrected chi connectivity index (χ2v) is 8.29. The molecular formula is C28H22N6O. The van der Waals surface area contributed by atoms with Crippen LogP contribution in [0.5, 0.6) is 0 Å². The van der Waals surface area contributed by atoms with Crippen LogP contribution in [0.25, 0.3) is 40.0 Å². The molecule has 5 heterocycles. The minimum Gasteiger partial charge on any atom is -0.378 e. The normalized spacial score (nSPS) is 14.1. The highest BCUT2D eigenvalue weighted by Gasteiger charge is 2.19. The van der Waals surface area contributed by atoms with Crippen LogP contribution in [-0.2, 0) is 4.74 Å². The lowest BCUT2D eigenvalue weighted by atomic mass is 10.1. The monoisotopic (exact) mass is 458 g/mol. The van der Waals surface area contributed by atoms with Gasteiger partial charge in [-0.3, -0.25) is 9.38 Å². The number of fused-ring (bicyclic) bond motifs is 2. The van der Waals surface area contributed by atoms with Crippen molar-refractivity contribution in [2.45, 2.75) is 0 Å². The van der Waals surface area contributed by atoms with E-state index in [0.717, 1.165) is 63.7 Å². The number of aromatic nitrogens is 5. The molecule has 4 aromatic heterocycles. The van der Waals surface area contributed by atoms with Crippen molar-refractivity contribution in [1.29, 1.82) is 0 Å². The maximum atomic E-state index is 5.61. The molecule has 1 aliphatic rings. The van der Waals surface area contributed by atoms with Gasteiger partial charge in [-0.15, -0.1) is 6.42 Å². The largest absolute Gasteiger partial charge is 0.378 e. The van der Waals surface area contributed by atoms with Gasteiger partial charge in [0.05, 0.1) is 42.0 Å². The fourth-order valence-electron chi connectivity index (χ4n) is 4.28. The molecule has 0 aliphatic carbocycles. The highest BCUT2D eigenvalue weighted by molar-refractivity contribution is 5.81. The Hall–Kier alpha value is -4.54. The van der Waals surface area contributed by atoms with Gasteiger partial charge in [0.25, 0.3) is 0 Å². The molecule has 1 aromatic carbocycles. The molecule has 35 heavy (non-hydrogen) atoms. The van der Waals surface area contributed by atoms with Crippen LogP contribution < -0.4 is 4.90 Å². The first-order chi connectivity index (χ1) is 17.3. The maximum absolute atomic E-state index is 5.61. The van der Waals surface area contributed by atoms with Crippen molar-refractivity contribution in [1.82, 2.24) is 24.3 Å². The standard InChI is InChI=1S/C28H22N6O/c1-2-20-15-22(17-29-16-20)26-18-30-27(33-11-13-35-14-12-33)28-32-24(19-34(26)28)10-9-23-8-7-21-5-3-4-6-25(21)31-23/h1,3-10,15-19H,11-14H2/b10-9+. The van der Waals surface area contributed by atoms with Crippen molar-refractivity contribution in [3.8, 4) is 23.6 Å². The topological polar surface area (TPSA) is 68.4 Å². The highest BCUT2D eigenvalue weighted by atomic mass is 16.5. The zero-order valence-corrected chi connectivity index (χ0v) is 19.0. The summed E-state index contributed by atoms with van der Waals surface area (Å²) < 4.78 is 7.59. The Balaban J connectivity index is 1.44. The molecule has 1 aliphatic heterocycles. The molecule has 5 aromatic rings. The summed E-state index contributed by atoms with van der Waals surface area (Å²) in [5.41, 5.74) is 5.90. The lowest BCUT2D eigenvalue weighted by Crippen LogP contribution is -2.37. The molecule has 0 amide bonds. The molecule has 7 heteroatoms. The zero-order chi connectivity index (χ0) is 23.6. The number of rotatable bonds is 4. The molecule has 0 radical (unpaired) electrons. The van der Waals surface area contributed by atoms with Gasteiger partial charge in [0.1, 0.15) is 0 Å². The second kappa shape index (κ2) is 9.01. The van der Waals surface area contributed by atoms with Gasteiger partial charge in [-0.1, -0.05) is 30.2 Å². The SMILES string of the molecule is C#Cc1cncc(-c2cnc(N3CCOCC3)c3nc(/C=C/c4ccc5ccccc5n4)cn23)c1. The van der Waals surface area contributed by atoms with Gasteiger partial charge in [-0.05, 0) is 30.4 Å². The van der Waals surface area contributed by atoms with Crippen LogP contribution in [0, 0.1) is 12.3 Å². The highest BCUT2D eigenvalue weighted by Crippen LogP contribution is 2.27. The van der Waals surface area contributed by atoms with Crippen LogP contribution in [0.1, 0.15) is 17.0 Å². The first kappa shape index (κ1) is 21.0. The number of pyridine rings is 2. The van der Waals surface area contributed by atoms with Crippen LogP contribution in [0.3, 0.4) is 0 Å². The van der Waals surface area contributed by atoms with Gasteiger partial charge in [-0.25, -0.2) is 15.0 Å². The van der Waals surface area contributed by atoms with Crippen molar-refractivity contribution < 1.29 is 4.74 Å². The van der Waals surface area contributed by atoms with Crippen molar-refractivity contribution in [2.24, 2.45) is 0 Å². The number of imidazole rings is 1. The molecule has 7 nitrogen and oxygen atoms in total. The predicted molar refractivity (Wildman–Crippen MR) is 138 cm³/mol. The summed E-state index contributed by atoms with van der Waals surface area (Å²) >= 11 is 0. The second-order valence-electron chi connectivity index (χ2n) is 8.29. The Morgan fingerprint density at radius 2 is 1.80 bits per heavy atom. The first-order valence-corrected chi connectivity index (χ1v) is 11.5. The van der Waals surface area contributed by atoms with E-state index in [2.05, 4.69) is 32.3 Å². The Morgan fingerprint density at radius 1 is 0.943 bits per heavy atom. The Kier molecular flexibility index (Phi) is 5.41. The molecule has 0 bridgehead atoms. The predicted octanol–water partition coefficient (Wildman–Crippen LogP) is 4.33. The molecule has 0 atom stereocenters. The fraction of sp³-hybridized carbons (Fsp3) is 0.143. The van der Waals surface area contributed by atoms with Crippen molar-refractivity contribution in [3.05, 3.63) is 84.2 Å². The van der Waals surface area contributed by atoms with E-state index < -0.39 is 0 Å². The third-order valence-corrected chi connectivity index (χ3v) is 6.05. The lowest BCUT2D eigenvalue weighted by molar-refractivity contribution is 0.122. The van der Waals surface area contributed by atoms with E-state index >= 15 is 0 Å². The molecule has 1 saturated heterocycles. The number of anilines is 1. The Bertz CT molecular complexity index is 1610. The third kappa shape index (κ3) is 4.12. The summed E-state index contributed by atoms with van der Waals surface area (Å²) in [4.78, 5) is 21.0. The average molecular weight is 459 g/mol. The van der Waals surface area contributed by atoms with Crippen molar-refractivity contribution in [3.63, 3.8) is 0 Å². The van der Waals surface area contributed by atoms with E-state index in [-0.39, 0.29) is 0 Å². The number of benzene rings is 1. The van der Waals surface area contributed by atoms with Crippen LogP contribution in [0.15, 0.2) is 67.3 Å². The summed E-state index contributed by atoms with van der Waals surface area (Å²) in [5, 5.41) is 1.12. The van der Waals surface area contributed by atoms with E-state index in [1.165, 1.54) is 0 Å². The first-order valence-electron chi connectivity index (χ1n) is 11.5. The van der Waals surface area contributed by atoms with Gasteiger partial charge < -0.3 is 9.64 Å². The number of hydrogen-bond acceptors (Lipinski definition) is 6. The average Bonchev–Trinajstić information content (AvgIpc) is 3.36. The molecule has 0 saturated carbocycles. The van der Waals surface area contributed by atoms with Crippen LogP contribution in [0.4, 0.5) is 5.82 Å². The third-order valence-electron chi connectivity index (χ3n) is 6.05. The van der Waals surface area contributed by atoms with E-state index in [9.17, 15) is 0 Å². The molecule has 0 unspecified atom stereocenters. The molecule has 6 rings (SSSR count). The summed E-state index contributed by atoms with van der Waals surface area (Å²) in [7, 11) is 0. The number of ether oxygens (including phenoxy) is 1. The minimum absolute atomic E-state index is 0.671.